The smallest absolute Gasteiger partial charge is 0.227 e. The molecule has 0 N–H and O–H groups in total. The molecule has 1 atom stereocenters. The fourth-order valence-electron chi connectivity index (χ4n) is 1.48. The zero-order valence-electron chi connectivity index (χ0n) is 10.7. The third-order valence-corrected chi connectivity index (χ3v) is 2.88. The summed E-state index contributed by atoms with van der Waals surface area (Å²) in [5.74, 6) is 1.15. The molecule has 5 nitrogen and oxygen atoms in total. The van der Waals surface area contributed by atoms with Gasteiger partial charge in [-0.1, -0.05) is 19.0 Å². The number of hydrogen-bond acceptors (Lipinski definition) is 5. The van der Waals surface area contributed by atoms with E-state index in [4.69, 9.17) is 14.5 Å². The van der Waals surface area contributed by atoms with E-state index >= 15 is 0 Å². The van der Waals surface area contributed by atoms with Gasteiger partial charge in [-0.05, 0) is 18.8 Å². The summed E-state index contributed by atoms with van der Waals surface area (Å²) in [5.41, 5.74) is -0.0931. The van der Waals surface area contributed by atoms with E-state index < -0.39 is 0 Å². The Hall–Kier alpha value is -1.41. The summed E-state index contributed by atoms with van der Waals surface area (Å²) in [7, 11) is 0. The van der Waals surface area contributed by atoms with E-state index in [1.54, 1.807) is 0 Å². The Kier molecular flexibility index (Phi) is 5.11. The topological polar surface area (TPSA) is 71.9 Å². The van der Waals surface area contributed by atoms with Gasteiger partial charge in [-0.25, -0.2) is 0 Å². The molecule has 1 unspecified atom stereocenters. The Morgan fingerprint density at radius 3 is 2.82 bits per heavy atom. The highest BCUT2D eigenvalue weighted by Gasteiger charge is 2.25. The Morgan fingerprint density at radius 2 is 2.24 bits per heavy atom. The van der Waals surface area contributed by atoms with Crippen LogP contribution in [-0.2, 0) is 17.8 Å². The maximum atomic E-state index is 8.80. The maximum absolute atomic E-state index is 8.80. The molecule has 0 aromatic carbocycles. The van der Waals surface area contributed by atoms with Gasteiger partial charge in [0.1, 0.15) is 6.61 Å². The summed E-state index contributed by atoms with van der Waals surface area (Å²) < 4.78 is 10.4. The average molecular weight is 237 g/mol. The first-order valence-corrected chi connectivity index (χ1v) is 5.89. The van der Waals surface area contributed by atoms with E-state index in [9.17, 15) is 0 Å². The van der Waals surface area contributed by atoms with Crippen molar-refractivity contribution < 1.29 is 9.26 Å². The monoisotopic (exact) mass is 237 g/mol. The van der Waals surface area contributed by atoms with Gasteiger partial charge >= 0.3 is 0 Å². The molecule has 0 saturated carbocycles. The summed E-state index contributed by atoms with van der Waals surface area (Å²) in [6, 6.07) is 2.21. The molecule has 1 rings (SSSR count). The van der Waals surface area contributed by atoms with Gasteiger partial charge in [0.05, 0.1) is 6.07 Å². The first-order chi connectivity index (χ1) is 8.13. The molecule has 0 spiro atoms. The molecule has 0 fully saturated rings. The largest absolute Gasteiger partial charge is 0.374 e. The van der Waals surface area contributed by atoms with Crippen molar-refractivity contribution in [2.45, 2.75) is 46.6 Å². The van der Waals surface area contributed by atoms with Crippen LogP contribution in [-0.4, -0.2) is 16.7 Å². The molecule has 94 valence electrons. The minimum atomic E-state index is -0.0931. The second kappa shape index (κ2) is 6.36. The van der Waals surface area contributed by atoms with Gasteiger partial charge in [-0.2, -0.15) is 10.2 Å². The molecule has 0 aliphatic rings. The van der Waals surface area contributed by atoms with Crippen LogP contribution < -0.4 is 0 Å². The van der Waals surface area contributed by atoms with Crippen molar-refractivity contribution in [2.75, 3.05) is 6.61 Å². The van der Waals surface area contributed by atoms with Gasteiger partial charge in [-0.15, -0.1) is 0 Å². The van der Waals surface area contributed by atoms with E-state index in [2.05, 4.69) is 30.1 Å². The predicted octanol–water partition coefficient (Wildman–Crippen LogP) is 2.48. The summed E-state index contributed by atoms with van der Waals surface area (Å²) in [4.78, 5) is 4.25. The van der Waals surface area contributed by atoms with E-state index in [1.165, 1.54) is 0 Å². The first kappa shape index (κ1) is 13.7. The fraction of sp³-hybridized carbons (Fsp3) is 0.750. The zero-order valence-corrected chi connectivity index (χ0v) is 10.7. The molecule has 5 heteroatoms. The quantitative estimate of drug-likeness (QED) is 0.728. The Bertz CT molecular complexity index is 383. The van der Waals surface area contributed by atoms with Crippen LogP contribution in [0.4, 0.5) is 0 Å². The fourth-order valence-corrected chi connectivity index (χ4v) is 1.48. The van der Waals surface area contributed by atoms with Gasteiger partial charge in [0.25, 0.3) is 0 Å². The molecule has 0 saturated heterocycles. The van der Waals surface area contributed by atoms with Gasteiger partial charge in [0.15, 0.2) is 5.82 Å². The van der Waals surface area contributed by atoms with Crippen molar-refractivity contribution in [3.05, 3.63) is 11.7 Å². The van der Waals surface area contributed by atoms with Crippen LogP contribution in [0.5, 0.6) is 0 Å². The molecule has 0 amide bonds. The third kappa shape index (κ3) is 4.16. The zero-order chi connectivity index (χ0) is 12.7. The van der Waals surface area contributed by atoms with Crippen LogP contribution in [0.2, 0.25) is 0 Å². The lowest BCUT2D eigenvalue weighted by Gasteiger charge is -2.22. The van der Waals surface area contributed by atoms with Gasteiger partial charge in [-0.3, -0.25) is 0 Å². The lowest BCUT2D eigenvalue weighted by atomic mass is 9.81. The van der Waals surface area contributed by atoms with Crippen molar-refractivity contribution in [3.63, 3.8) is 0 Å². The minimum absolute atomic E-state index is 0.0931. The Morgan fingerprint density at radius 1 is 1.47 bits per heavy atom. The first-order valence-electron chi connectivity index (χ1n) is 5.89. The molecule has 1 aromatic heterocycles. The van der Waals surface area contributed by atoms with E-state index in [0.717, 1.165) is 6.42 Å². The van der Waals surface area contributed by atoms with Crippen LogP contribution >= 0.6 is 0 Å². The summed E-state index contributed by atoms with van der Waals surface area (Å²) in [6.07, 6.45) is 2.03. The van der Waals surface area contributed by atoms with Crippen molar-refractivity contribution in [2.24, 2.45) is 5.41 Å². The third-order valence-electron chi connectivity index (χ3n) is 2.88. The maximum Gasteiger partial charge on any atom is 0.227 e. The number of nitriles is 1. The van der Waals surface area contributed by atoms with Crippen molar-refractivity contribution in [1.82, 2.24) is 10.1 Å². The van der Waals surface area contributed by atoms with E-state index in [0.29, 0.717) is 37.8 Å². The molecule has 17 heavy (non-hydrogen) atoms. The Labute approximate surface area is 102 Å². The van der Waals surface area contributed by atoms with Crippen LogP contribution in [0.25, 0.3) is 0 Å². The van der Waals surface area contributed by atoms with Gasteiger partial charge in [0.2, 0.25) is 5.89 Å². The van der Waals surface area contributed by atoms with Gasteiger partial charge < -0.3 is 9.26 Å². The highest BCUT2D eigenvalue weighted by Crippen LogP contribution is 2.29. The predicted molar refractivity (Wildman–Crippen MR) is 62.0 cm³/mol. The highest BCUT2D eigenvalue weighted by molar-refractivity contribution is 4.94. The summed E-state index contributed by atoms with van der Waals surface area (Å²) in [5, 5.41) is 12.6. The molecule has 0 aliphatic carbocycles. The molecule has 0 aliphatic heterocycles. The number of nitrogens with zero attached hydrogens (tertiary/aromatic N) is 3. The standard InChI is InChI=1S/C12H19N3O2/c1-4-12(3,6-7-13)8-11-14-10(15-17-11)9-16-5-2/h4-6,8-9H2,1-3H3. The average Bonchev–Trinajstić information content (AvgIpc) is 2.74. The van der Waals surface area contributed by atoms with Crippen LogP contribution in [0, 0.1) is 16.7 Å². The van der Waals surface area contributed by atoms with Crippen LogP contribution in [0.3, 0.4) is 0 Å². The molecular weight excluding hydrogens is 218 g/mol. The second-order valence-corrected chi connectivity index (χ2v) is 4.42. The normalized spacial score (nSPS) is 14.2. The number of rotatable bonds is 7. The van der Waals surface area contributed by atoms with Crippen LogP contribution in [0.15, 0.2) is 4.52 Å². The van der Waals surface area contributed by atoms with Crippen LogP contribution in [0.1, 0.15) is 45.3 Å². The summed E-state index contributed by atoms with van der Waals surface area (Å²) >= 11 is 0. The summed E-state index contributed by atoms with van der Waals surface area (Å²) in [6.45, 7) is 7.05. The molecule has 0 radical (unpaired) electrons. The molecular formula is C12H19N3O2. The number of aromatic nitrogens is 2. The van der Waals surface area contributed by atoms with Gasteiger partial charge in [0, 0.05) is 19.4 Å². The lowest BCUT2D eigenvalue weighted by Crippen LogP contribution is -2.18. The Balaban J connectivity index is 2.61. The molecule has 1 heterocycles. The van der Waals surface area contributed by atoms with E-state index in [-0.39, 0.29) is 5.41 Å². The van der Waals surface area contributed by atoms with Crippen molar-refractivity contribution in [1.29, 1.82) is 5.26 Å². The second-order valence-electron chi connectivity index (χ2n) is 4.42. The molecule has 1 aromatic rings. The lowest BCUT2D eigenvalue weighted by molar-refractivity contribution is 0.126. The van der Waals surface area contributed by atoms with E-state index in [1.807, 2.05) is 6.92 Å². The van der Waals surface area contributed by atoms with Crippen molar-refractivity contribution in [3.8, 4) is 6.07 Å². The number of hydrogen-bond donors (Lipinski definition) is 0. The SMILES string of the molecule is CCOCc1noc(CC(C)(CC)CC#N)n1. The van der Waals surface area contributed by atoms with Crippen molar-refractivity contribution >= 4 is 0 Å². The highest BCUT2D eigenvalue weighted by atomic mass is 16.5. The minimum Gasteiger partial charge on any atom is -0.374 e. The number of ether oxygens (including phenoxy) is 1. The molecule has 0 bridgehead atoms.